The second kappa shape index (κ2) is 15.2. The van der Waals surface area contributed by atoms with Crippen LogP contribution in [0.3, 0.4) is 0 Å². The minimum absolute atomic E-state index is 0.114. The van der Waals surface area contributed by atoms with Crippen molar-refractivity contribution in [2.24, 2.45) is 0 Å². The van der Waals surface area contributed by atoms with Crippen molar-refractivity contribution in [1.29, 1.82) is 0 Å². The molecule has 0 saturated heterocycles. The molecule has 0 amide bonds. The maximum absolute atomic E-state index is 8.90. The summed E-state index contributed by atoms with van der Waals surface area (Å²) in [5.74, 6) is -0.849. The fourth-order valence-electron chi connectivity index (χ4n) is 9.20. The van der Waals surface area contributed by atoms with E-state index in [2.05, 4.69) is 152 Å². The third-order valence-corrected chi connectivity index (χ3v) is 63.7. The third kappa shape index (κ3) is 6.48. The number of halogens is 2. The quantitative estimate of drug-likeness (QED) is 0.118. The monoisotopic (exact) mass is 797 g/mol. The molecule has 0 heterocycles. The van der Waals surface area contributed by atoms with Gasteiger partial charge in [-0.3, -0.25) is 0 Å². The van der Waals surface area contributed by atoms with Gasteiger partial charge in [-0.05, 0) is 0 Å². The molecule has 4 heteroatoms. The number of unbranched alkanes of at least 4 members (excludes halogenated alkanes) is 2. The Hall–Kier alpha value is -1.96. The first-order valence-electron chi connectivity index (χ1n) is 19.4. The fraction of sp³-hybridized carbons (Fsp3) is 0.391. The van der Waals surface area contributed by atoms with E-state index in [1.165, 1.54) is 66.8 Å². The molecule has 0 radical (unpaired) electrons. The van der Waals surface area contributed by atoms with Crippen LogP contribution in [-0.4, -0.2) is 5.92 Å². The Morgan fingerprint density at radius 3 is 1.28 bits per heavy atom. The van der Waals surface area contributed by atoms with E-state index in [1.54, 1.807) is 0 Å². The van der Waals surface area contributed by atoms with Crippen LogP contribution in [0.25, 0.3) is 34.4 Å². The van der Waals surface area contributed by atoms with E-state index in [9.17, 15) is 0 Å². The van der Waals surface area contributed by atoms with Crippen LogP contribution in [0.2, 0.25) is 13.1 Å². The molecule has 2 aliphatic rings. The van der Waals surface area contributed by atoms with Crippen molar-refractivity contribution in [2.45, 2.75) is 112 Å². The summed E-state index contributed by atoms with van der Waals surface area (Å²) in [7, 11) is 17.8. The van der Waals surface area contributed by atoms with Gasteiger partial charge in [0.2, 0.25) is 0 Å². The van der Waals surface area contributed by atoms with Crippen molar-refractivity contribution in [1.82, 2.24) is 0 Å². The van der Waals surface area contributed by atoms with Crippen LogP contribution in [0, 0.1) is 0 Å². The van der Waals surface area contributed by atoms with Gasteiger partial charge in [0.15, 0.2) is 0 Å². The molecule has 2 atom stereocenters. The molecule has 2 aliphatic carbocycles. The van der Waals surface area contributed by atoms with Crippen molar-refractivity contribution >= 4 is 35.1 Å². The summed E-state index contributed by atoms with van der Waals surface area (Å²) in [6.45, 7) is 18.9. The maximum atomic E-state index is 8.90. The number of hydrogen-bond donors (Lipinski definition) is 0. The Morgan fingerprint density at radius 1 is 0.580 bits per heavy atom. The average Bonchev–Trinajstić information content (AvgIpc) is 3.69. The fourth-order valence-corrected chi connectivity index (χ4v) is 40.7. The molecule has 263 valence electrons. The Balaban J connectivity index is 1.66. The van der Waals surface area contributed by atoms with Crippen LogP contribution >= 0.6 is 17.0 Å². The Labute approximate surface area is 312 Å². The van der Waals surface area contributed by atoms with Gasteiger partial charge in [-0.1, -0.05) is 0 Å². The molecule has 6 rings (SSSR count). The van der Waals surface area contributed by atoms with E-state index < -0.39 is 21.5 Å². The minimum atomic E-state index is -4.92. The molecule has 0 fully saturated rings. The van der Waals surface area contributed by atoms with Crippen LogP contribution < -0.4 is 0 Å². The number of benzene rings is 4. The number of rotatable bonds is 13. The first-order chi connectivity index (χ1) is 23.9. The van der Waals surface area contributed by atoms with Crippen molar-refractivity contribution < 1.29 is 15.6 Å². The predicted molar refractivity (Wildman–Crippen MR) is 223 cm³/mol. The molecule has 50 heavy (non-hydrogen) atoms. The van der Waals surface area contributed by atoms with Gasteiger partial charge in [-0.2, -0.15) is 0 Å². The van der Waals surface area contributed by atoms with Crippen LogP contribution in [0.15, 0.2) is 96.1 Å². The van der Waals surface area contributed by atoms with Crippen LogP contribution in [0.4, 0.5) is 0 Å². The van der Waals surface area contributed by atoms with Crippen molar-refractivity contribution in [3.8, 4) is 22.3 Å². The van der Waals surface area contributed by atoms with Gasteiger partial charge >= 0.3 is 315 Å². The van der Waals surface area contributed by atoms with Gasteiger partial charge in [0.1, 0.15) is 0 Å². The van der Waals surface area contributed by atoms with Gasteiger partial charge in [0, 0.05) is 0 Å². The average molecular weight is 800 g/mol. The summed E-state index contributed by atoms with van der Waals surface area (Å²) in [5, 5.41) is 0. The SMILES string of the molecule is CCCCC1=Cc2c(ccc(C(C)C)c2-c2ccccc2)[CH]1[Zr]([Cl])([Cl])([CH]1C(CCCC)=Cc2c1ccc(C(C)C)c2-c1ccccc1)[SiH](C)C. The van der Waals surface area contributed by atoms with E-state index in [1.807, 2.05) is 0 Å². The molecule has 0 aromatic heterocycles. The van der Waals surface area contributed by atoms with Gasteiger partial charge < -0.3 is 0 Å². The zero-order chi connectivity index (χ0) is 35.8. The third-order valence-electron chi connectivity index (χ3n) is 11.9. The predicted octanol–water partition coefficient (Wildman–Crippen LogP) is 15.2. The van der Waals surface area contributed by atoms with Gasteiger partial charge in [0.05, 0.1) is 0 Å². The van der Waals surface area contributed by atoms with Crippen LogP contribution in [0.5, 0.6) is 0 Å². The molecule has 0 saturated carbocycles. The topological polar surface area (TPSA) is 0 Å². The van der Waals surface area contributed by atoms with Crippen LogP contribution in [-0.2, 0) is 15.6 Å². The van der Waals surface area contributed by atoms with Crippen molar-refractivity contribution in [3.05, 3.63) is 129 Å². The summed E-state index contributed by atoms with van der Waals surface area (Å²) in [5.41, 5.74) is 16.7. The summed E-state index contributed by atoms with van der Waals surface area (Å²) in [6.07, 6.45) is 11.9. The van der Waals surface area contributed by atoms with Gasteiger partial charge in [-0.15, -0.1) is 0 Å². The van der Waals surface area contributed by atoms with E-state index in [-0.39, 0.29) is 7.25 Å². The second-order valence-electron chi connectivity index (χ2n) is 16.0. The molecule has 0 aliphatic heterocycles. The van der Waals surface area contributed by atoms with E-state index in [0.29, 0.717) is 11.8 Å². The molecular weight excluding hydrogens is 743 g/mol. The molecular formula is C46H57Cl2SiZr. The Morgan fingerprint density at radius 2 is 0.960 bits per heavy atom. The summed E-state index contributed by atoms with van der Waals surface area (Å²) >= 11 is -4.92. The van der Waals surface area contributed by atoms with E-state index in [4.69, 9.17) is 17.0 Å². The van der Waals surface area contributed by atoms with E-state index >= 15 is 0 Å². The molecule has 0 N–H and O–H groups in total. The first-order valence-corrected chi connectivity index (χ1v) is 35.7. The molecule has 0 nitrogen and oxygen atoms in total. The Bertz CT molecular complexity index is 1770. The van der Waals surface area contributed by atoms with Gasteiger partial charge in [-0.25, -0.2) is 0 Å². The van der Waals surface area contributed by atoms with Gasteiger partial charge in [0.25, 0.3) is 0 Å². The molecule has 2 unspecified atom stereocenters. The zero-order valence-corrected chi connectivity index (χ0v) is 36.7. The summed E-state index contributed by atoms with van der Waals surface area (Å²) in [4.78, 5) is 0. The second-order valence-corrected chi connectivity index (χ2v) is 58.5. The normalized spacial score (nSPS) is 17.9. The first kappa shape index (κ1) is 37.8. The molecule has 0 spiro atoms. The number of hydrogen-bond acceptors (Lipinski definition) is 0. The standard InChI is InChI=1S/2C22H25.C2H7Si.2ClH.Zr/c2*1-4-5-9-17-14-19-12-13-20(16(2)3)22(21(19)15-17)18-10-7-6-8-11-18;1-3-2;;;/h2*6-8,10-16H,4-5,9H2,1-3H3;3H,1-2H3;2*1H;/q;;;;;+2/p-2. The summed E-state index contributed by atoms with van der Waals surface area (Å²) < 4.78 is 0.227. The van der Waals surface area contributed by atoms with Crippen LogP contribution in [0.1, 0.15) is 133 Å². The number of fused-ring (bicyclic) bond motifs is 2. The molecule has 4 aromatic carbocycles. The van der Waals surface area contributed by atoms with E-state index in [0.717, 1.165) is 38.5 Å². The number of allylic oxidation sites excluding steroid dienone is 2. The zero-order valence-electron chi connectivity index (χ0n) is 31.6. The van der Waals surface area contributed by atoms with Crippen molar-refractivity contribution in [2.75, 3.05) is 0 Å². The molecule has 4 aromatic rings. The Kier molecular flexibility index (Phi) is 11.5. The molecule has 0 bridgehead atoms. The van der Waals surface area contributed by atoms with Crippen molar-refractivity contribution in [3.63, 3.8) is 0 Å². The summed E-state index contributed by atoms with van der Waals surface area (Å²) in [6, 6.07) is 31.9.